The van der Waals surface area contributed by atoms with Crippen molar-refractivity contribution in [1.29, 1.82) is 0 Å². The highest BCUT2D eigenvalue weighted by Gasteiger charge is 2.70. The normalized spacial score (nSPS) is 40.6. The van der Waals surface area contributed by atoms with E-state index in [1.165, 1.54) is 18.4 Å². The average Bonchev–Trinajstić information content (AvgIpc) is 3.05. The van der Waals surface area contributed by atoms with Gasteiger partial charge in [0.15, 0.2) is 0 Å². The lowest BCUT2D eigenvalue weighted by atomic mass is 9.33. The fourth-order valence-electron chi connectivity index (χ4n) is 12.7. The van der Waals surface area contributed by atoms with E-state index in [1.807, 2.05) is 6.07 Å². The van der Waals surface area contributed by atoms with Crippen LogP contribution in [0, 0.1) is 50.2 Å². The molecule has 0 aromatic heterocycles. The molecule has 0 heterocycles. The molecule has 1 amide bonds. The largest absolute Gasteiger partial charge is 0.382 e. The molecule has 4 saturated carbocycles. The Morgan fingerprint density at radius 1 is 0.796 bits per heavy atom. The van der Waals surface area contributed by atoms with Gasteiger partial charge in [-0.3, -0.25) is 4.79 Å². The topological polar surface area (TPSA) is 66.0 Å². The van der Waals surface area contributed by atoms with Crippen LogP contribution in [0.15, 0.2) is 42.0 Å². The monoisotopic (exact) mass is 678 g/mol. The van der Waals surface area contributed by atoms with E-state index in [1.54, 1.807) is 19.8 Å². The molecule has 1 aromatic carbocycles. The van der Waals surface area contributed by atoms with E-state index in [0.717, 1.165) is 44.9 Å². The number of hydrogen-bond acceptors (Lipinski definition) is 5. The number of allylic oxidation sites excluding steroid dienone is 2. The van der Waals surface area contributed by atoms with Gasteiger partial charge in [0, 0.05) is 20.8 Å². The first-order valence-electron chi connectivity index (χ1n) is 19.4. The van der Waals surface area contributed by atoms with Gasteiger partial charge >= 0.3 is 0 Å². The number of hydrogen-bond donors (Lipinski definition) is 1. The molecule has 6 nitrogen and oxygen atoms in total. The Balaban J connectivity index is 1.34. The summed E-state index contributed by atoms with van der Waals surface area (Å²) in [6.07, 6.45) is 12.5. The van der Waals surface area contributed by atoms with Crippen molar-refractivity contribution in [3.8, 4) is 0 Å². The third-order valence-corrected chi connectivity index (χ3v) is 15.5. The summed E-state index contributed by atoms with van der Waals surface area (Å²) in [6.45, 7) is 20.6. The molecule has 0 spiro atoms. The first-order valence-corrected chi connectivity index (χ1v) is 19.4. The summed E-state index contributed by atoms with van der Waals surface area (Å²) < 4.78 is 24.2. The Hall–Kier alpha value is -1.73. The second-order valence-electron chi connectivity index (χ2n) is 18.8. The summed E-state index contributed by atoms with van der Waals surface area (Å²) >= 11 is 0. The zero-order valence-electron chi connectivity index (χ0n) is 32.3. The molecule has 4 fully saturated rings. The van der Waals surface area contributed by atoms with Gasteiger partial charge < -0.3 is 24.3 Å². The van der Waals surface area contributed by atoms with Gasteiger partial charge in [0.25, 0.3) is 0 Å². The van der Waals surface area contributed by atoms with Gasteiger partial charge in [0.2, 0.25) is 5.91 Å². The third-order valence-electron chi connectivity index (χ3n) is 15.5. The predicted molar refractivity (Wildman–Crippen MR) is 196 cm³/mol. The molecular weight excluding hydrogens is 610 g/mol. The number of rotatable bonds is 11. The van der Waals surface area contributed by atoms with E-state index in [0.29, 0.717) is 50.7 Å². The minimum absolute atomic E-state index is 0.00949. The minimum Gasteiger partial charge on any atom is -0.382 e. The number of fused-ring (bicyclic) bond motifs is 7. The van der Waals surface area contributed by atoms with Gasteiger partial charge in [-0.2, -0.15) is 0 Å². The summed E-state index contributed by atoms with van der Waals surface area (Å²) in [6, 6.07) is 10.4. The van der Waals surface area contributed by atoms with Crippen LogP contribution in [-0.2, 0) is 30.3 Å². The van der Waals surface area contributed by atoms with Gasteiger partial charge in [-0.15, -0.1) is 0 Å². The quantitative estimate of drug-likeness (QED) is 0.187. The molecule has 0 unspecified atom stereocenters. The van der Waals surface area contributed by atoms with E-state index in [4.69, 9.17) is 18.9 Å². The van der Waals surface area contributed by atoms with Crippen molar-refractivity contribution < 1.29 is 23.7 Å². The first kappa shape index (κ1) is 37.0. The van der Waals surface area contributed by atoms with Crippen molar-refractivity contribution in [2.24, 2.45) is 50.2 Å². The number of ether oxygens (including phenoxy) is 4. The predicted octanol–water partition coefficient (Wildman–Crippen LogP) is 8.78. The zero-order valence-corrected chi connectivity index (χ0v) is 32.3. The van der Waals surface area contributed by atoms with Gasteiger partial charge in [-0.05, 0) is 108 Å². The molecule has 9 atom stereocenters. The van der Waals surface area contributed by atoms with Crippen LogP contribution in [-0.4, -0.2) is 58.8 Å². The molecule has 5 aliphatic carbocycles. The van der Waals surface area contributed by atoms with E-state index in [9.17, 15) is 4.79 Å². The molecule has 0 radical (unpaired) electrons. The first-order chi connectivity index (χ1) is 23.2. The maximum absolute atomic E-state index is 14.5. The van der Waals surface area contributed by atoms with Gasteiger partial charge in [0.1, 0.15) is 0 Å². The molecule has 6 heteroatoms. The molecule has 49 heavy (non-hydrogen) atoms. The van der Waals surface area contributed by atoms with E-state index < -0.39 is 0 Å². The molecule has 0 aliphatic heterocycles. The number of amides is 1. The molecule has 274 valence electrons. The lowest BCUT2D eigenvalue weighted by Gasteiger charge is -2.72. The maximum Gasteiger partial charge on any atom is 0.227 e. The average molecular weight is 678 g/mol. The van der Waals surface area contributed by atoms with E-state index >= 15 is 0 Å². The highest BCUT2D eigenvalue weighted by atomic mass is 16.6. The standard InChI is InChI=1S/C43H67NO5/c1-38(2)19-21-43(37(45)44-29-30-13-11-10-12-14-30)22-20-41(6)31(32(43)27-38)15-16-35-40(5)28-33(48-25-23-46-8)36(49-26-24-47-9)39(3,4)34(40)17-18-42(35,41)7/h10-15,32-36H,16-29H2,1-9H3,(H,44,45)/t32-,33+,34-,35+,36-,40-,41+,42+,43-/m0/s1. The Bertz CT molecular complexity index is 1360. The third kappa shape index (κ3) is 6.17. The molecule has 1 N–H and O–H groups in total. The molecule has 6 rings (SSSR count). The number of carbonyl (C=O) groups is 1. The van der Waals surface area contributed by atoms with Crippen molar-refractivity contribution >= 4 is 5.91 Å². The summed E-state index contributed by atoms with van der Waals surface area (Å²) in [5.74, 6) is 1.65. The van der Waals surface area contributed by atoms with Crippen molar-refractivity contribution in [1.82, 2.24) is 5.32 Å². The second-order valence-corrected chi connectivity index (χ2v) is 18.8. The van der Waals surface area contributed by atoms with E-state index in [-0.39, 0.29) is 50.6 Å². The van der Waals surface area contributed by atoms with Crippen LogP contribution >= 0.6 is 0 Å². The van der Waals surface area contributed by atoms with Crippen molar-refractivity contribution in [3.63, 3.8) is 0 Å². The molecule has 1 aromatic rings. The SMILES string of the molecule is COCCO[C@@H]1C[C@]2(C)[C@H]3CC=C4[C@@H]5CC(C)(C)CC[C@]5(C(=O)NCc5ccccc5)CC[C@@]4(C)[C@]3(C)CC[C@H]2C(C)(C)[C@H]1OCCOC. The van der Waals surface area contributed by atoms with E-state index in [2.05, 4.69) is 84.1 Å². The number of carbonyl (C=O) groups excluding carboxylic acids is 1. The van der Waals surface area contributed by atoms with Crippen LogP contribution < -0.4 is 5.32 Å². The van der Waals surface area contributed by atoms with Crippen molar-refractivity contribution in [2.75, 3.05) is 40.6 Å². The Morgan fingerprint density at radius 3 is 2.16 bits per heavy atom. The molecule has 0 bridgehead atoms. The highest BCUT2D eigenvalue weighted by molar-refractivity contribution is 5.84. The zero-order chi connectivity index (χ0) is 35.3. The van der Waals surface area contributed by atoms with Crippen LogP contribution in [0.4, 0.5) is 0 Å². The van der Waals surface area contributed by atoms with Crippen molar-refractivity contribution in [2.45, 2.75) is 125 Å². The summed E-state index contributed by atoms with van der Waals surface area (Å²) in [5, 5.41) is 3.45. The summed E-state index contributed by atoms with van der Waals surface area (Å²) in [5.41, 5.74) is 2.97. The molecular formula is C43H67NO5. The van der Waals surface area contributed by atoms with Crippen LogP contribution in [0.5, 0.6) is 0 Å². The number of benzene rings is 1. The Kier molecular flexibility index (Phi) is 10.3. The van der Waals surface area contributed by atoms with Gasteiger partial charge in [-0.25, -0.2) is 0 Å². The Morgan fingerprint density at radius 2 is 1.47 bits per heavy atom. The van der Waals surface area contributed by atoms with Crippen LogP contribution in [0.25, 0.3) is 0 Å². The fourth-order valence-corrected chi connectivity index (χ4v) is 12.7. The minimum atomic E-state index is -0.320. The summed E-state index contributed by atoms with van der Waals surface area (Å²) in [7, 11) is 3.49. The number of methoxy groups -OCH3 is 2. The maximum atomic E-state index is 14.5. The fraction of sp³-hybridized carbons (Fsp3) is 0.791. The lowest BCUT2D eigenvalue weighted by Crippen LogP contribution is -2.67. The lowest BCUT2D eigenvalue weighted by molar-refractivity contribution is -0.251. The van der Waals surface area contributed by atoms with Crippen LogP contribution in [0.2, 0.25) is 0 Å². The van der Waals surface area contributed by atoms with Crippen LogP contribution in [0.3, 0.4) is 0 Å². The Labute approximate surface area is 297 Å². The van der Waals surface area contributed by atoms with Crippen LogP contribution in [0.1, 0.15) is 112 Å². The van der Waals surface area contributed by atoms with Gasteiger partial charge in [0.05, 0.1) is 44.1 Å². The smallest absolute Gasteiger partial charge is 0.227 e. The number of nitrogens with one attached hydrogen (secondary N) is 1. The second kappa shape index (κ2) is 13.7. The van der Waals surface area contributed by atoms with Crippen molar-refractivity contribution in [3.05, 3.63) is 47.5 Å². The molecule has 5 aliphatic rings. The summed E-state index contributed by atoms with van der Waals surface area (Å²) in [4.78, 5) is 14.5. The van der Waals surface area contributed by atoms with Gasteiger partial charge in [-0.1, -0.05) is 90.4 Å². The molecule has 0 saturated heterocycles. The highest BCUT2D eigenvalue weighted by Crippen LogP contribution is 2.76.